The number of hydrogen-bond acceptors (Lipinski definition) is 3. The lowest BCUT2D eigenvalue weighted by atomic mass is 10.2. The van der Waals surface area contributed by atoms with E-state index in [1.165, 1.54) is 0 Å². The quantitative estimate of drug-likeness (QED) is 0.803. The number of aromatic nitrogens is 2. The number of imidazole rings is 1. The van der Waals surface area contributed by atoms with Crippen molar-refractivity contribution in [3.63, 3.8) is 0 Å². The van der Waals surface area contributed by atoms with Crippen LogP contribution in [-0.4, -0.2) is 22.4 Å². The first kappa shape index (κ1) is 13.2. The van der Waals surface area contributed by atoms with Crippen molar-refractivity contribution >= 4 is 17.2 Å². The number of benzene rings is 1. The van der Waals surface area contributed by atoms with Crippen molar-refractivity contribution in [2.24, 2.45) is 0 Å². The SMILES string of the molecule is COc1ccc(C)cc1NC(=O)c1ccc2nccn2c1. The van der Waals surface area contributed by atoms with Gasteiger partial charge in [0.15, 0.2) is 0 Å². The van der Waals surface area contributed by atoms with E-state index in [-0.39, 0.29) is 5.91 Å². The number of nitrogens with zero attached hydrogens (tertiary/aromatic N) is 2. The van der Waals surface area contributed by atoms with Gasteiger partial charge in [0.25, 0.3) is 5.91 Å². The Bertz CT molecular complexity index is 808. The van der Waals surface area contributed by atoms with Crippen LogP contribution in [0.5, 0.6) is 5.75 Å². The zero-order chi connectivity index (χ0) is 14.8. The summed E-state index contributed by atoms with van der Waals surface area (Å²) < 4.78 is 7.07. The number of hydrogen-bond donors (Lipinski definition) is 1. The van der Waals surface area contributed by atoms with Crippen LogP contribution < -0.4 is 10.1 Å². The number of nitrogens with one attached hydrogen (secondary N) is 1. The van der Waals surface area contributed by atoms with E-state index >= 15 is 0 Å². The van der Waals surface area contributed by atoms with E-state index in [9.17, 15) is 4.79 Å². The first-order chi connectivity index (χ1) is 10.2. The third-order valence-corrected chi connectivity index (χ3v) is 3.25. The Balaban J connectivity index is 1.90. The highest BCUT2D eigenvalue weighted by atomic mass is 16.5. The van der Waals surface area contributed by atoms with Gasteiger partial charge in [-0.25, -0.2) is 4.98 Å². The molecule has 5 heteroatoms. The van der Waals surface area contributed by atoms with E-state index in [1.807, 2.05) is 35.6 Å². The molecule has 0 atom stereocenters. The average Bonchev–Trinajstić information content (AvgIpc) is 2.94. The number of carbonyl (C=O) groups excluding carboxylic acids is 1. The summed E-state index contributed by atoms with van der Waals surface area (Å²) in [5.41, 5.74) is 3.08. The van der Waals surface area contributed by atoms with Crippen molar-refractivity contribution in [2.45, 2.75) is 6.92 Å². The van der Waals surface area contributed by atoms with Gasteiger partial charge in [0, 0.05) is 18.6 Å². The molecule has 0 aliphatic carbocycles. The second-order valence-electron chi connectivity index (χ2n) is 4.77. The molecule has 2 heterocycles. The maximum atomic E-state index is 12.4. The predicted octanol–water partition coefficient (Wildman–Crippen LogP) is 2.90. The number of rotatable bonds is 3. The highest BCUT2D eigenvalue weighted by molar-refractivity contribution is 6.05. The maximum Gasteiger partial charge on any atom is 0.257 e. The smallest absolute Gasteiger partial charge is 0.257 e. The summed E-state index contributed by atoms with van der Waals surface area (Å²) in [6, 6.07) is 9.21. The van der Waals surface area contributed by atoms with Crippen LogP contribution in [-0.2, 0) is 0 Å². The molecule has 0 unspecified atom stereocenters. The molecule has 0 radical (unpaired) electrons. The van der Waals surface area contributed by atoms with Crippen LogP contribution >= 0.6 is 0 Å². The molecule has 2 aromatic heterocycles. The van der Waals surface area contributed by atoms with Gasteiger partial charge in [0.2, 0.25) is 0 Å². The molecule has 0 aliphatic heterocycles. The zero-order valence-electron chi connectivity index (χ0n) is 11.8. The van der Waals surface area contributed by atoms with Gasteiger partial charge in [0.05, 0.1) is 18.4 Å². The van der Waals surface area contributed by atoms with Gasteiger partial charge < -0.3 is 14.5 Å². The summed E-state index contributed by atoms with van der Waals surface area (Å²) in [7, 11) is 1.58. The lowest BCUT2D eigenvalue weighted by molar-refractivity contribution is 0.102. The van der Waals surface area contributed by atoms with Crippen molar-refractivity contribution < 1.29 is 9.53 Å². The molecule has 21 heavy (non-hydrogen) atoms. The standard InChI is InChI=1S/C16H15N3O2/c1-11-3-5-14(21-2)13(9-11)18-16(20)12-4-6-15-17-7-8-19(15)10-12/h3-10H,1-2H3,(H,18,20). The van der Waals surface area contributed by atoms with Crippen molar-refractivity contribution in [1.29, 1.82) is 0 Å². The Hall–Kier alpha value is -2.82. The molecule has 0 aliphatic rings. The molecule has 106 valence electrons. The van der Waals surface area contributed by atoms with E-state index in [4.69, 9.17) is 4.74 Å². The van der Waals surface area contributed by atoms with E-state index in [0.29, 0.717) is 17.0 Å². The van der Waals surface area contributed by atoms with Gasteiger partial charge in [-0.05, 0) is 36.8 Å². The Morgan fingerprint density at radius 1 is 1.29 bits per heavy atom. The summed E-state index contributed by atoms with van der Waals surface area (Å²) >= 11 is 0. The highest BCUT2D eigenvalue weighted by Gasteiger charge is 2.10. The number of methoxy groups -OCH3 is 1. The molecule has 3 rings (SSSR count). The van der Waals surface area contributed by atoms with Crippen LogP contribution in [0.15, 0.2) is 48.9 Å². The van der Waals surface area contributed by atoms with Crippen LogP contribution in [0, 0.1) is 6.92 Å². The summed E-state index contributed by atoms with van der Waals surface area (Å²) in [4.78, 5) is 16.5. The second kappa shape index (κ2) is 5.28. The zero-order valence-corrected chi connectivity index (χ0v) is 11.8. The van der Waals surface area contributed by atoms with Gasteiger partial charge in [0.1, 0.15) is 11.4 Å². The molecule has 3 aromatic rings. The molecule has 1 N–H and O–H groups in total. The topological polar surface area (TPSA) is 55.6 Å². The van der Waals surface area contributed by atoms with Gasteiger partial charge in [-0.2, -0.15) is 0 Å². The summed E-state index contributed by atoms with van der Waals surface area (Å²) in [5.74, 6) is 0.451. The minimum absolute atomic E-state index is 0.186. The molecule has 0 saturated carbocycles. The Morgan fingerprint density at radius 2 is 2.14 bits per heavy atom. The lowest BCUT2D eigenvalue weighted by Gasteiger charge is -2.11. The molecule has 0 fully saturated rings. The first-order valence-corrected chi connectivity index (χ1v) is 6.56. The number of anilines is 1. The van der Waals surface area contributed by atoms with Crippen molar-refractivity contribution in [2.75, 3.05) is 12.4 Å². The van der Waals surface area contributed by atoms with Crippen LogP contribution in [0.25, 0.3) is 5.65 Å². The minimum atomic E-state index is -0.186. The summed E-state index contributed by atoms with van der Waals surface area (Å²) in [6.07, 6.45) is 5.25. The third-order valence-electron chi connectivity index (χ3n) is 3.25. The van der Waals surface area contributed by atoms with E-state index in [2.05, 4.69) is 10.3 Å². The molecule has 0 spiro atoms. The van der Waals surface area contributed by atoms with Crippen LogP contribution in [0.4, 0.5) is 5.69 Å². The fraction of sp³-hybridized carbons (Fsp3) is 0.125. The fourth-order valence-electron chi connectivity index (χ4n) is 2.17. The normalized spacial score (nSPS) is 10.6. The Kier molecular flexibility index (Phi) is 3.31. The van der Waals surface area contributed by atoms with Crippen LogP contribution in [0.1, 0.15) is 15.9 Å². The number of pyridine rings is 1. The molecule has 5 nitrogen and oxygen atoms in total. The largest absolute Gasteiger partial charge is 0.495 e. The average molecular weight is 281 g/mol. The third kappa shape index (κ3) is 2.58. The van der Waals surface area contributed by atoms with Crippen LogP contribution in [0.2, 0.25) is 0 Å². The van der Waals surface area contributed by atoms with Crippen LogP contribution in [0.3, 0.4) is 0 Å². The molecule has 0 bridgehead atoms. The molecule has 1 amide bonds. The number of carbonyl (C=O) groups is 1. The van der Waals surface area contributed by atoms with Crippen molar-refractivity contribution in [1.82, 2.24) is 9.38 Å². The van der Waals surface area contributed by atoms with Crippen molar-refractivity contribution in [3.05, 3.63) is 60.0 Å². The molecular formula is C16H15N3O2. The Morgan fingerprint density at radius 3 is 2.95 bits per heavy atom. The monoisotopic (exact) mass is 281 g/mol. The number of ether oxygens (including phenoxy) is 1. The summed E-state index contributed by atoms with van der Waals surface area (Å²) in [5, 5.41) is 2.88. The Labute approximate surface area is 122 Å². The van der Waals surface area contributed by atoms with Gasteiger partial charge in [-0.3, -0.25) is 4.79 Å². The van der Waals surface area contributed by atoms with E-state index < -0.39 is 0 Å². The second-order valence-corrected chi connectivity index (χ2v) is 4.77. The first-order valence-electron chi connectivity index (χ1n) is 6.56. The lowest BCUT2D eigenvalue weighted by Crippen LogP contribution is -2.13. The number of fused-ring (bicyclic) bond motifs is 1. The van der Waals surface area contributed by atoms with Gasteiger partial charge in [-0.1, -0.05) is 6.07 Å². The molecular weight excluding hydrogens is 266 g/mol. The predicted molar refractivity (Wildman–Crippen MR) is 80.9 cm³/mol. The highest BCUT2D eigenvalue weighted by Crippen LogP contribution is 2.25. The molecule has 1 aromatic carbocycles. The maximum absolute atomic E-state index is 12.4. The molecule has 0 saturated heterocycles. The van der Waals surface area contributed by atoms with E-state index in [0.717, 1.165) is 11.2 Å². The number of amides is 1. The van der Waals surface area contributed by atoms with E-state index in [1.54, 1.807) is 31.8 Å². The fourth-order valence-corrected chi connectivity index (χ4v) is 2.17. The minimum Gasteiger partial charge on any atom is -0.495 e. The van der Waals surface area contributed by atoms with Crippen molar-refractivity contribution in [3.8, 4) is 5.75 Å². The van der Waals surface area contributed by atoms with Gasteiger partial charge in [-0.15, -0.1) is 0 Å². The summed E-state index contributed by atoms with van der Waals surface area (Å²) in [6.45, 7) is 1.96. The van der Waals surface area contributed by atoms with Gasteiger partial charge >= 0.3 is 0 Å². The number of aryl methyl sites for hydroxylation is 1.